The second-order valence-corrected chi connectivity index (χ2v) is 12.1. The third-order valence-corrected chi connectivity index (χ3v) is 9.15. The zero-order valence-electron chi connectivity index (χ0n) is 26.2. The molecular formula is C44H32N4+2. The second-order valence-electron chi connectivity index (χ2n) is 12.1. The molecule has 48 heavy (non-hydrogen) atoms. The molecule has 9 aromatic rings. The average Bonchev–Trinajstić information content (AvgIpc) is 3.98. The van der Waals surface area contributed by atoms with Crippen molar-refractivity contribution in [2.75, 3.05) is 0 Å². The van der Waals surface area contributed by atoms with Crippen LogP contribution in [0, 0.1) is 0 Å². The minimum absolute atomic E-state index is 1.04. The molecule has 4 aromatic carbocycles. The van der Waals surface area contributed by atoms with E-state index in [0.29, 0.717) is 0 Å². The largest absolute Gasteiger partial charge is 0.354 e. The molecule has 4 N–H and O–H groups in total. The lowest BCUT2D eigenvalue weighted by molar-refractivity contribution is 1.48. The van der Waals surface area contributed by atoms with E-state index in [1.165, 1.54) is 0 Å². The normalized spacial score (nSPS) is 11.3. The molecule has 0 saturated heterocycles. The van der Waals surface area contributed by atoms with Gasteiger partial charge in [0.15, 0.2) is 0 Å². The molecule has 0 amide bonds. The van der Waals surface area contributed by atoms with Crippen molar-refractivity contribution in [2.24, 2.45) is 0 Å². The summed E-state index contributed by atoms with van der Waals surface area (Å²) in [4.78, 5) is 15.4. The summed E-state index contributed by atoms with van der Waals surface area (Å²) >= 11 is 0. The fraction of sp³-hybridized carbons (Fsp3) is 0. The Hall–Kier alpha value is -6.52. The van der Waals surface area contributed by atoms with Crippen molar-refractivity contribution >= 4 is 44.1 Å². The van der Waals surface area contributed by atoms with E-state index >= 15 is 0 Å². The van der Waals surface area contributed by atoms with Gasteiger partial charge in [-0.05, 0) is 71.8 Å². The number of hydrogen-bond donors (Lipinski definition) is 4. The van der Waals surface area contributed by atoms with Crippen molar-refractivity contribution < 1.29 is 0 Å². The van der Waals surface area contributed by atoms with Crippen molar-refractivity contribution in [1.29, 1.82) is 0 Å². The molecule has 0 aliphatic heterocycles. The van der Waals surface area contributed by atoms with Crippen LogP contribution in [0.3, 0.4) is 0 Å². The molecule has 0 atom stereocenters. The van der Waals surface area contributed by atoms with E-state index in [9.17, 15) is 0 Å². The Bertz CT molecular complexity index is 2170. The van der Waals surface area contributed by atoms with Gasteiger partial charge in [0, 0.05) is 58.6 Å². The lowest BCUT2D eigenvalue weighted by Gasteiger charge is -2.04. The first-order chi connectivity index (χ1) is 23.8. The first-order valence-corrected chi connectivity index (χ1v) is 16.3. The van der Waals surface area contributed by atoms with Gasteiger partial charge in [0.05, 0.1) is 34.3 Å². The van der Waals surface area contributed by atoms with E-state index in [1.807, 2.05) is 0 Å². The maximum Gasteiger partial charge on any atom is 0.126 e. The van der Waals surface area contributed by atoms with E-state index in [-0.39, 0.29) is 0 Å². The van der Waals surface area contributed by atoms with Crippen LogP contribution in [-0.2, 0) is 0 Å². The summed E-state index contributed by atoms with van der Waals surface area (Å²) < 4.78 is 0. The molecule has 226 valence electrons. The van der Waals surface area contributed by atoms with E-state index in [1.54, 1.807) is 0 Å². The number of aromatic nitrogens is 4. The average molecular weight is 617 g/mol. The third-order valence-electron chi connectivity index (χ3n) is 9.15. The van der Waals surface area contributed by atoms with E-state index < -0.39 is 0 Å². The molecule has 0 aliphatic rings. The smallest absolute Gasteiger partial charge is 0.126 e. The van der Waals surface area contributed by atoms with Crippen LogP contribution in [0.25, 0.3) is 88.6 Å². The summed E-state index contributed by atoms with van der Waals surface area (Å²) in [5.41, 5.74) is 17.3. The van der Waals surface area contributed by atoms with Gasteiger partial charge in [-0.15, -0.1) is 0 Å². The highest BCUT2D eigenvalue weighted by molar-refractivity contribution is 6.02. The molecule has 0 spiro atoms. The number of hydrogen-bond acceptors (Lipinski definition) is 0. The quantitative estimate of drug-likeness (QED) is 0.142. The standard InChI is InChI=1S/C44H32N4/c1-5-13-29(14-6-1)41-33-21-23-35(45-33)42(30-15-7-2-8-16-30)37-25-27-39(47-37)44(32-19-11-4-12-20-32)40-28-26-38(48-40)43(31-17-9-3-10-18-31)36-24-22-34(41)46-36/h1-28,45-48H/q+2. The predicted molar refractivity (Wildman–Crippen MR) is 202 cm³/mol. The number of aromatic amines is 4. The fourth-order valence-corrected chi connectivity index (χ4v) is 6.99. The number of fused-ring (bicyclic) bond motifs is 8. The van der Waals surface area contributed by atoms with E-state index in [0.717, 1.165) is 88.6 Å². The van der Waals surface area contributed by atoms with Crippen molar-refractivity contribution in [3.8, 4) is 44.5 Å². The zero-order chi connectivity index (χ0) is 31.9. The van der Waals surface area contributed by atoms with Crippen molar-refractivity contribution in [3.63, 3.8) is 0 Å². The van der Waals surface area contributed by atoms with Gasteiger partial charge in [0.2, 0.25) is 0 Å². The maximum atomic E-state index is 3.84. The highest BCUT2D eigenvalue weighted by Crippen LogP contribution is 2.36. The van der Waals surface area contributed by atoms with Crippen LogP contribution in [0.2, 0.25) is 0 Å². The SMILES string of the molecule is c1ccc(-c2c3ccc([nH]3)c(-c3ccccc3)c3ccc([nH]3)[c+](-c3ccccc3)c3ccc([nH]3)[c+](-c3ccccc3)c3ccc2[nH]3)cc1. The van der Waals surface area contributed by atoms with E-state index in [4.69, 9.17) is 0 Å². The summed E-state index contributed by atoms with van der Waals surface area (Å²) in [7, 11) is 0. The first-order valence-electron chi connectivity index (χ1n) is 16.3. The Labute approximate surface area is 277 Å². The number of H-pyrrole nitrogens is 4. The van der Waals surface area contributed by atoms with Crippen LogP contribution in [-0.4, -0.2) is 19.9 Å². The third kappa shape index (κ3) is 4.88. The Morgan fingerprint density at radius 1 is 0.271 bits per heavy atom. The molecule has 0 aliphatic carbocycles. The molecule has 4 nitrogen and oxygen atoms in total. The molecule has 0 unspecified atom stereocenters. The molecule has 9 rings (SSSR count). The van der Waals surface area contributed by atoms with Gasteiger partial charge >= 0.3 is 0 Å². The van der Waals surface area contributed by atoms with Gasteiger partial charge in [-0.3, -0.25) is 0 Å². The number of nitrogens with one attached hydrogen (secondary N) is 4. The predicted octanol–water partition coefficient (Wildman–Crippen LogP) is 12.0. The van der Waals surface area contributed by atoms with Gasteiger partial charge in [0.1, 0.15) is 33.2 Å². The van der Waals surface area contributed by atoms with Crippen LogP contribution >= 0.6 is 0 Å². The highest BCUT2D eigenvalue weighted by atomic mass is 14.8. The van der Waals surface area contributed by atoms with Gasteiger partial charge in [-0.25, -0.2) is 0 Å². The second kappa shape index (κ2) is 11.7. The van der Waals surface area contributed by atoms with E-state index in [2.05, 4.69) is 190 Å². The first kappa shape index (κ1) is 27.8. The van der Waals surface area contributed by atoms with Crippen LogP contribution < -0.4 is 0 Å². The Kier molecular flexibility index (Phi) is 6.76. The summed E-state index contributed by atoms with van der Waals surface area (Å²) in [6.07, 6.45) is 0. The van der Waals surface area contributed by atoms with Crippen LogP contribution in [0.15, 0.2) is 170 Å². The van der Waals surface area contributed by atoms with Crippen molar-refractivity contribution in [2.45, 2.75) is 0 Å². The molecule has 0 fully saturated rings. The topological polar surface area (TPSA) is 63.2 Å². The Balaban J connectivity index is 1.50. The lowest BCUT2D eigenvalue weighted by atomic mass is 10.1. The Morgan fingerprint density at radius 3 is 1.00 bits per heavy atom. The summed E-state index contributed by atoms with van der Waals surface area (Å²) in [6.45, 7) is 0. The Morgan fingerprint density at radius 2 is 0.583 bits per heavy atom. The molecule has 0 radical (unpaired) electrons. The van der Waals surface area contributed by atoms with Crippen LogP contribution in [0.4, 0.5) is 0 Å². The lowest BCUT2D eigenvalue weighted by Crippen LogP contribution is -1.84. The fourth-order valence-electron chi connectivity index (χ4n) is 6.99. The minimum Gasteiger partial charge on any atom is -0.354 e. The minimum atomic E-state index is 1.04. The van der Waals surface area contributed by atoms with Gasteiger partial charge in [-0.1, -0.05) is 60.7 Å². The number of rotatable bonds is 4. The summed E-state index contributed by atoms with van der Waals surface area (Å²) in [5, 5.41) is 0. The van der Waals surface area contributed by atoms with Crippen molar-refractivity contribution in [1.82, 2.24) is 19.9 Å². The molecule has 4 heteroatoms. The molecular weight excluding hydrogens is 585 g/mol. The molecule has 5 aromatic heterocycles. The van der Waals surface area contributed by atoms with Gasteiger partial charge in [-0.2, -0.15) is 0 Å². The monoisotopic (exact) mass is 616 g/mol. The van der Waals surface area contributed by atoms with Crippen LogP contribution in [0.5, 0.6) is 0 Å². The van der Waals surface area contributed by atoms with Crippen LogP contribution in [0.1, 0.15) is 0 Å². The summed E-state index contributed by atoms with van der Waals surface area (Å²) in [6, 6.07) is 60.0. The zero-order valence-corrected chi connectivity index (χ0v) is 26.2. The summed E-state index contributed by atoms with van der Waals surface area (Å²) in [5.74, 6) is 0. The molecule has 5 heterocycles. The highest BCUT2D eigenvalue weighted by Gasteiger charge is 2.18. The van der Waals surface area contributed by atoms with Gasteiger partial charge < -0.3 is 19.9 Å². The molecule has 8 bridgehead atoms. The van der Waals surface area contributed by atoms with Crippen molar-refractivity contribution in [3.05, 3.63) is 170 Å². The molecule has 0 saturated carbocycles. The van der Waals surface area contributed by atoms with Gasteiger partial charge in [0.25, 0.3) is 0 Å². The number of benzene rings is 4. The maximum absolute atomic E-state index is 3.84.